The van der Waals surface area contributed by atoms with Gasteiger partial charge in [-0.2, -0.15) is 0 Å². The maximum absolute atomic E-state index is 3.59. The number of hydrogen-bond acceptors (Lipinski definition) is 0. The van der Waals surface area contributed by atoms with Crippen LogP contribution in [-0.4, -0.2) is 5.33 Å². The molecule has 0 saturated heterocycles. The van der Waals surface area contributed by atoms with Crippen molar-refractivity contribution in [2.24, 2.45) is 5.41 Å². The van der Waals surface area contributed by atoms with Crippen molar-refractivity contribution in [3.05, 3.63) is 35.4 Å². The quantitative estimate of drug-likeness (QED) is 0.703. The SMILES string of the molecule is CC(C)(CBr)Cc1cccc(C2CC2)c1. The molecular weight excluding hydrogens is 248 g/mol. The number of hydrogen-bond donors (Lipinski definition) is 0. The molecule has 0 spiro atoms. The van der Waals surface area contributed by atoms with Crippen molar-refractivity contribution in [1.29, 1.82) is 0 Å². The van der Waals surface area contributed by atoms with Crippen LogP contribution in [0.1, 0.15) is 43.7 Å². The molecule has 1 heteroatoms. The highest BCUT2D eigenvalue weighted by Gasteiger charge is 2.24. The topological polar surface area (TPSA) is 0 Å². The molecule has 1 fully saturated rings. The Hall–Kier alpha value is -0.300. The highest BCUT2D eigenvalue weighted by molar-refractivity contribution is 9.09. The summed E-state index contributed by atoms with van der Waals surface area (Å²) < 4.78 is 0. The van der Waals surface area contributed by atoms with Gasteiger partial charge in [-0.15, -0.1) is 0 Å². The zero-order valence-corrected chi connectivity index (χ0v) is 11.2. The van der Waals surface area contributed by atoms with E-state index in [2.05, 4.69) is 54.0 Å². The van der Waals surface area contributed by atoms with Gasteiger partial charge in [0.2, 0.25) is 0 Å². The van der Waals surface area contributed by atoms with E-state index < -0.39 is 0 Å². The second-order valence-corrected chi connectivity index (χ2v) is 6.05. The Morgan fingerprint density at radius 3 is 2.67 bits per heavy atom. The molecule has 0 aromatic heterocycles. The van der Waals surface area contributed by atoms with Crippen molar-refractivity contribution < 1.29 is 0 Å². The summed E-state index contributed by atoms with van der Waals surface area (Å²) >= 11 is 3.59. The van der Waals surface area contributed by atoms with Crippen molar-refractivity contribution in [2.45, 2.75) is 39.0 Å². The van der Waals surface area contributed by atoms with E-state index in [1.165, 1.54) is 24.8 Å². The van der Waals surface area contributed by atoms with Gasteiger partial charge in [-0.3, -0.25) is 0 Å². The lowest BCUT2D eigenvalue weighted by Gasteiger charge is -2.21. The van der Waals surface area contributed by atoms with E-state index in [9.17, 15) is 0 Å². The molecule has 82 valence electrons. The van der Waals surface area contributed by atoms with E-state index in [4.69, 9.17) is 0 Å². The zero-order valence-electron chi connectivity index (χ0n) is 9.59. The molecular formula is C14H19Br. The maximum atomic E-state index is 3.59. The molecule has 1 aromatic rings. The molecule has 1 aliphatic carbocycles. The van der Waals surface area contributed by atoms with E-state index in [1.54, 1.807) is 5.56 Å². The second-order valence-electron chi connectivity index (χ2n) is 5.49. The van der Waals surface area contributed by atoms with Gasteiger partial charge in [0.05, 0.1) is 0 Å². The summed E-state index contributed by atoms with van der Waals surface area (Å²) in [6.07, 6.45) is 3.95. The van der Waals surface area contributed by atoms with Crippen LogP contribution >= 0.6 is 15.9 Å². The minimum atomic E-state index is 0.363. The average molecular weight is 267 g/mol. The molecule has 0 radical (unpaired) electrons. The van der Waals surface area contributed by atoms with E-state index in [1.807, 2.05) is 0 Å². The predicted molar refractivity (Wildman–Crippen MR) is 69.7 cm³/mol. The van der Waals surface area contributed by atoms with Crippen LogP contribution in [0.3, 0.4) is 0 Å². The minimum absolute atomic E-state index is 0.363. The van der Waals surface area contributed by atoms with Gasteiger partial charge in [-0.1, -0.05) is 54.0 Å². The molecule has 1 saturated carbocycles. The molecule has 0 N–H and O–H groups in total. The molecule has 2 rings (SSSR count). The molecule has 1 aliphatic rings. The summed E-state index contributed by atoms with van der Waals surface area (Å²) in [5.74, 6) is 0.872. The molecule has 0 unspecified atom stereocenters. The summed E-state index contributed by atoms with van der Waals surface area (Å²) in [4.78, 5) is 0. The Labute approximate surface area is 101 Å². The third-order valence-corrected chi connectivity index (χ3v) is 4.56. The highest BCUT2D eigenvalue weighted by atomic mass is 79.9. The van der Waals surface area contributed by atoms with E-state index in [-0.39, 0.29) is 0 Å². The van der Waals surface area contributed by atoms with Gasteiger partial charge in [0.25, 0.3) is 0 Å². The molecule has 0 bridgehead atoms. The monoisotopic (exact) mass is 266 g/mol. The fourth-order valence-electron chi connectivity index (χ4n) is 1.97. The van der Waals surface area contributed by atoms with Crippen LogP contribution in [0, 0.1) is 5.41 Å². The third kappa shape index (κ3) is 3.07. The first-order chi connectivity index (χ1) is 7.11. The zero-order chi connectivity index (χ0) is 10.9. The summed E-state index contributed by atoms with van der Waals surface area (Å²) in [5, 5.41) is 1.06. The van der Waals surface area contributed by atoms with Crippen molar-refractivity contribution in [3.8, 4) is 0 Å². The predicted octanol–water partition coefficient (Wildman–Crippen LogP) is 4.53. The summed E-state index contributed by atoms with van der Waals surface area (Å²) in [6, 6.07) is 9.16. The van der Waals surface area contributed by atoms with E-state index in [0.29, 0.717) is 5.41 Å². The highest BCUT2D eigenvalue weighted by Crippen LogP contribution is 2.40. The smallest absolute Gasteiger partial charge is 0.00858 e. The van der Waals surface area contributed by atoms with Gasteiger partial charge < -0.3 is 0 Å². The van der Waals surface area contributed by atoms with Crippen LogP contribution in [0.25, 0.3) is 0 Å². The minimum Gasteiger partial charge on any atom is -0.0922 e. The lowest BCUT2D eigenvalue weighted by molar-refractivity contribution is 0.425. The van der Waals surface area contributed by atoms with Crippen LogP contribution in [0.2, 0.25) is 0 Å². The summed E-state index contributed by atoms with van der Waals surface area (Å²) in [6.45, 7) is 4.62. The van der Waals surface area contributed by atoms with Gasteiger partial charge in [0.1, 0.15) is 0 Å². The van der Waals surface area contributed by atoms with Gasteiger partial charge >= 0.3 is 0 Å². The molecule has 0 amide bonds. The van der Waals surface area contributed by atoms with E-state index in [0.717, 1.165) is 11.2 Å². The molecule has 0 atom stereocenters. The Balaban J connectivity index is 2.11. The first kappa shape index (κ1) is 11.2. The molecule has 15 heavy (non-hydrogen) atoms. The number of rotatable bonds is 4. The van der Waals surface area contributed by atoms with Gasteiger partial charge in [-0.25, -0.2) is 0 Å². The number of benzene rings is 1. The van der Waals surface area contributed by atoms with Crippen LogP contribution < -0.4 is 0 Å². The molecule has 0 aliphatic heterocycles. The second kappa shape index (κ2) is 4.29. The van der Waals surface area contributed by atoms with Crippen LogP contribution in [-0.2, 0) is 6.42 Å². The summed E-state index contributed by atoms with van der Waals surface area (Å²) in [5.41, 5.74) is 3.41. The van der Waals surface area contributed by atoms with Crippen molar-refractivity contribution >= 4 is 15.9 Å². The molecule has 0 heterocycles. The van der Waals surface area contributed by atoms with Crippen LogP contribution in [0.15, 0.2) is 24.3 Å². The van der Waals surface area contributed by atoms with Crippen molar-refractivity contribution in [2.75, 3.05) is 5.33 Å². The van der Waals surface area contributed by atoms with Crippen LogP contribution in [0.5, 0.6) is 0 Å². The van der Waals surface area contributed by atoms with Gasteiger partial charge in [0.15, 0.2) is 0 Å². The Kier molecular flexibility index (Phi) is 3.20. The lowest BCUT2D eigenvalue weighted by atomic mass is 9.87. The van der Waals surface area contributed by atoms with Crippen molar-refractivity contribution in [3.63, 3.8) is 0 Å². The summed E-state index contributed by atoms with van der Waals surface area (Å²) in [7, 11) is 0. The number of alkyl halides is 1. The maximum Gasteiger partial charge on any atom is 0.00858 e. The fourth-order valence-corrected chi connectivity index (χ4v) is 2.17. The number of halogens is 1. The largest absolute Gasteiger partial charge is 0.0922 e. The van der Waals surface area contributed by atoms with Gasteiger partial charge in [0, 0.05) is 5.33 Å². The fraction of sp³-hybridized carbons (Fsp3) is 0.571. The Morgan fingerprint density at radius 2 is 2.07 bits per heavy atom. The Bertz CT molecular complexity index is 337. The first-order valence-corrected chi connectivity index (χ1v) is 6.88. The molecule has 0 nitrogen and oxygen atoms in total. The van der Waals surface area contributed by atoms with Gasteiger partial charge in [-0.05, 0) is 41.7 Å². The Morgan fingerprint density at radius 1 is 1.33 bits per heavy atom. The standard InChI is InChI=1S/C14H19Br/c1-14(2,10-15)9-11-4-3-5-13(8-11)12-6-7-12/h3-5,8,12H,6-7,9-10H2,1-2H3. The third-order valence-electron chi connectivity index (χ3n) is 3.04. The average Bonchev–Trinajstić information content (AvgIpc) is 3.01. The normalized spacial score (nSPS) is 16.7. The van der Waals surface area contributed by atoms with Crippen LogP contribution in [0.4, 0.5) is 0 Å². The lowest BCUT2D eigenvalue weighted by Crippen LogP contribution is -2.16. The molecule has 1 aromatic carbocycles. The first-order valence-electron chi connectivity index (χ1n) is 5.75. The van der Waals surface area contributed by atoms with Crippen molar-refractivity contribution in [1.82, 2.24) is 0 Å². The van der Waals surface area contributed by atoms with E-state index >= 15 is 0 Å².